The summed E-state index contributed by atoms with van der Waals surface area (Å²) in [7, 11) is 0. The molecule has 0 saturated carbocycles. The van der Waals surface area contributed by atoms with E-state index >= 15 is 0 Å². The van der Waals surface area contributed by atoms with Gasteiger partial charge in [0, 0.05) is 39.6 Å². The molecule has 0 saturated heterocycles. The van der Waals surface area contributed by atoms with Crippen LogP contribution in [0.1, 0.15) is 40.5 Å². The molecule has 2 unspecified atom stereocenters. The number of allylic oxidation sites excluding steroid dienone is 4. The summed E-state index contributed by atoms with van der Waals surface area (Å²) in [4.78, 5) is 5.10. The molecule has 48 heavy (non-hydrogen) atoms. The molecule has 0 spiro atoms. The molecule has 2 aromatic heterocycles. The largest absolute Gasteiger partial charge is 0.309 e. The predicted octanol–water partition coefficient (Wildman–Crippen LogP) is 11.2. The van der Waals surface area contributed by atoms with E-state index in [1.165, 1.54) is 55.3 Å². The molecule has 10 rings (SSSR count). The van der Waals surface area contributed by atoms with Crippen LogP contribution in [0.3, 0.4) is 0 Å². The van der Waals surface area contributed by atoms with Gasteiger partial charge in [-0.05, 0) is 65.9 Å². The normalized spacial score (nSPS) is 17.0. The van der Waals surface area contributed by atoms with Gasteiger partial charge in [0.1, 0.15) is 5.82 Å². The Hall–Kier alpha value is -5.93. The Morgan fingerprint density at radius 1 is 0.604 bits per heavy atom. The topological polar surface area (TPSA) is 22.8 Å². The van der Waals surface area contributed by atoms with Crippen molar-refractivity contribution in [3.05, 3.63) is 186 Å². The Bertz CT molecular complexity index is 2580. The summed E-state index contributed by atoms with van der Waals surface area (Å²) < 4.78 is 4.81. The lowest BCUT2D eigenvalue weighted by Crippen LogP contribution is -2.20. The number of hydrogen-bond acceptors (Lipinski definition) is 1. The summed E-state index contributed by atoms with van der Waals surface area (Å²) in [6.07, 6.45) is 6.01. The number of imidazole rings is 1. The van der Waals surface area contributed by atoms with Crippen molar-refractivity contribution in [1.29, 1.82) is 0 Å². The van der Waals surface area contributed by atoms with Crippen LogP contribution in [0.2, 0.25) is 0 Å². The SMILES string of the molecule is Cc1ccc(C2C3=CC(c4ccc(-c5nc6ccccc6n5-c5ccccc5)cc4)CC=C3n3c4ccccc4c4cccc2c43)cc1. The first-order valence-corrected chi connectivity index (χ1v) is 16.9. The van der Waals surface area contributed by atoms with Gasteiger partial charge >= 0.3 is 0 Å². The highest BCUT2D eigenvalue weighted by Gasteiger charge is 2.35. The van der Waals surface area contributed by atoms with E-state index < -0.39 is 0 Å². The molecule has 0 amide bonds. The number of benzene rings is 6. The van der Waals surface area contributed by atoms with Crippen molar-refractivity contribution in [2.45, 2.75) is 25.2 Å². The van der Waals surface area contributed by atoms with Crippen LogP contribution in [0, 0.1) is 6.92 Å². The highest BCUT2D eigenvalue weighted by atomic mass is 15.1. The number of rotatable bonds is 4. The van der Waals surface area contributed by atoms with Crippen LogP contribution in [-0.2, 0) is 0 Å². The number of hydrogen-bond donors (Lipinski definition) is 0. The average Bonchev–Trinajstić information content (AvgIpc) is 3.70. The highest BCUT2D eigenvalue weighted by molar-refractivity contribution is 6.13. The standard InChI is InChI=1S/C45H33N3/c1-29-18-20-31(21-19-29)43-37-14-9-13-36-35-12-5-7-16-40(35)48(44(36)37)41-27-26-33(28-38(41)43)30-22-24-32(25-23-30)45-46-39-15-6-8-17-42(39)47(45)34-10-3-2-4-11-34/h2-25,27-28,33,43H,26H2,1H3. The molecule has 2 atom stereocenters. The summed E-state index contributed by atoms with van der Waals surface area (Å²) in [6.45, 7) is 2.17. The lowest BCUT2D eigenvalue weighted by Gasteiger charge is -2.35. The summed E-state index contributed by atoms with van der Waals surface area (Å²) in [5, 5.41) is 2.65. The molecule has 8 aromatic rings. The molecular formula is C45H33N3. The van der Waals surface area contributed by atoms with Gasteiger partial charge in [-0.15, -0.1) is 0 Å². The second-order valence-electron chi connectivity index (χ2n) is 13.2. The van der Waals surface area contributed by atoms with Gasteiger partial charge in [-0.1, -0.05) is 133 Å². The van der Waals surface area contributed by atoms with Crippen LogP contribution in [0.4, 0.5) is 0 Å². The minimum Gasteiger partial charge on any atom is -0.309 e. The van der Waals surface area contributed by atoms with Crippen molar-refractivity contribution < 1.29 is 0 Å². The van der Waals surface area contributed by atoms with Crippen molar-refractivity contribution in [3.8, 4) is 17.1 Å². The third kappa shape index (κ3) is 4.04. The first-order valence-electron chi connectivity index (χ1n) is 16.9. The summed E-state index contributed by atoms with van der Waals surface area (Å²) in [5.74, 6) is 1.41. The fourth-order valence-electron chi connectivity index (χ4n) is 8.17. The number of fused-ring (bicyclic) bond motifs is 6. The predicted molar refractivity (Wildman–Crippen MR) is 199 cm³/mol. The Morgan fingerprint density at radius 3 is 2.15 bits per heavy atom. The van der Waals surface area contributed by atoms with Crippen molar-refractivity contribution >= 4 is 38.5 Å². The molecule has 3 heteroatoms. The van der Waals surface area contributed by atoms with Gasteiger partial charge in [-0.25, -0.2) is 4.98 Å². The second-order valence-corrected chi connectivity index (χ2v) is 13.2. The Morgan fingerprint density at radius 2 is 1.31 bits per heavy atom. The van der Waals surface area contributed by atoms with E-state index in [1.807, 2.05) is 0 Å². The minimum atomic E-state index is 0.171. The fourth-order valence-corrected chi connectivity index (χ4v) is 8.17. The molecule has 1 aliphatic heterocycles. The summed E-state index contributed by atoms with van der Waals surface area (Å²) >= 11 is 0. The van der Waals surface area contributed by atoms with E-state index in [-0.39, 0.29) is 11.8 Å². The van der Waals surface area contributed by atoms with Crippen LogP contribution < -0.4 is 0 Å². The molecule has 0 bridgehead atoms. The molecule has 0 N–H and O–H groups in total. The van der Waals surface area contributed by atoms with Crippen LogP contribution >= 0.6 is 0 Å². The van der Waals surface area contributed by atoms with Gasteiger partial charge in [-0.3, -0.25) is 4.57 Å². The van der Waals surface area contributed by atoms with Crippen LogP contribution in [0.15, 0.2) is 163 Å². The molecular weight excluding hydrogens is 583 g/mol. The zero-order valence-corrected chi connectivity index (χ0v) is 26.7. The average molecular weight is 616 g/mol. The molecule has 0 fully saturated rings. The zero-order valence-electron chi connectivity index (χ0n) is 26.7. The fraction of sp³-hybridized carbons (Fsp3) is 0.0889. The van der Waals surface area contributed by atoms with Gasteiger partial charge in [0.05, 0.1) is 22.1 Å². The first kappa shape index (κ1) is 27.2. The minimum absolute atomic E-state index is 0.171. The smallest absolute Gasteiger partial charge is 0.145 e. The van der Waals surface area contributed by atoms with E-state index in [0.717, 1.165) is 34.5 Å². The molecule has 6 aromatic carbocycles. The van der Waals surface area contributed by atoms with Crippen LogP contribution in [0.25, 0.3) is 55.6 Å². The number of nitrogens with zero attached hydrogens (tertiary/aromatic N) is 3. The van der Waals surface area contributed by atoms with E-state index in [1.54, 1.807) is 0 Å². The van der Waals surface area contributed by atoms with E-state index in [4.69, 9.17) is 4.98 Å². The number of aryl methyl sites for hydroxylation is 1. The van der Waals surface area contributed by atoms with E-state index in [0.29, 0.717) is 0 Å². The monoisotopic (exact) mass is 615 g/mol. The lowest BCUT2D eigenvalue weighted by molar-refractivity contribution is 0.805. The van der Waals surface area contributed by atoms with Crippen LogP contribution in [-0.4, -0.2) is 14.1 Å². The molecule has 2 aliphatic rings. The summed E-state index contributed by atoms with van der Waals surface area (Å²) in [5.41, 5.74) is 15.0. The molecule has 228 valence electrons. The third-order valence-electron chi connectivity index (χ3n) is 10.4. The first-order chi connectivity index (χ1) is 23.7. The number of para-hydroxylation sites is 5. The van der Waals surface area contributed by atoms with E-state index in [9.17, 15) is 0 Å². The maximum Gasteiger partial charge on any atom is 0.145 e. The Labute approximate surface area is 279 Å². The van der Waals surface area contributed by atoms with Gasteiger partial charge in [0.25, 0.3) is 0 Å². The third-order valence-corrected chi connectivity index (χ3v) is 10.4. The number of aromatic nitrogens is 3. The van der Waals surface area contributed by atoms with Gasteiger partial charge in [0.15, 0.2) is 0 Å². The van der Waals surface area contributed by atoms with Crippen LogP contribution in [0.5, 0.6) is 0 Å². The molecule has 0 radical (unpaired) electrons. The molecule has 3 nitrogen and oxygen atoms in total. The van der Waals surface area contributed by atoms with Gasteiger partial charge in [0.2, 0.25) is 0 Å². The lowest BCUT2D eigenvalue weighted by atomic mass is 9.75. The van der Waals surface area contributed by atoms with Crippen molar-refractivity contribution in [2.24, 2.45) is 0 Å². The molecule has 3 heterocycles. The zero-order chi connectivity index (χ0) is 31.8. The van der Waals surface area contributed by atoms with E-state index in [2.05, 4.69) is 174 Å². The Kier molecular flexibility index (Phi) is 5.98. The van der Waals surface area contributed by atoms with Crippen molar-refractivity contribution in [3.63, 3.8) is 0 Å². The van der Waals surface area contributed by atoms with Crippen molar-refractivity contribution in [1.82, 2.24) is 14.1 Å². The maximum absolute atomic E-state index is 5.10. The Balaban J connectivity index is 1.10. The molecule has 1 aliphatic carbocycles. The summed E-state index contributed by atoms with van der Waals surface area (Å²) in [6, 6.07) is 53.0. The maximum atomic E-state index is 5.10. The quantitative estimate of drug-likeness (QED) is 0.193. The second kappa shape index (κ2) is 10.5. The van der Waals surface area contributed by atoms with Gasteiger partial charge in [-0.2, -0.15) is 0 Å². The van der Waals surface area contributed by atoms with Gasteiger partial charge < -0.3 is 4.57 Å². The van der Waals surface area contributed by atoms with Crippen molar-refractivity contribution in [2.75, 3.05) is 0 Å². The highest BCUT2D eigenvalue weighted by Crippen LogP contribution is 2.51.